The Balaban J connectivity index is 1.61. The second-order valence-corrected chi connectivity index (χ2v) is 8.69. The monoisotopic (exact) mass is 479 g/mol. The molecule has 2 heterocycles. The van der Waals surface area contributed by atoms with Crippen LogP contribution >= 0.6 is 0 Å². The number of carbonyl (C=O) groups is 2. The van der Waals surface area contributed by atoms with Gasteiger partial charge in [-0.2, -0.15) is 0 Å². The number of nitrogens with zero attached hydrogens (tertiary/aromatic N) is 2. The Hall–Kier alpha value is -4.65. The van der Waals surface area contributed by atoms with Crippen molar-refractivity contribution in [2.24, 2.45) is 0 Å². The fraction of sp³-hybridized carbons (Fsp3) is 0.103. The molecule has 1 N–H and O–H groups in total. The number of anilines is 3. The van der Waals surface area contributed by atoms with Crippen LogP contribution in [-0.4, -0.2) is 18.9 Å². The number of fused-ring (bicyclic) bond motifs is 3. The van der Waals surface area contributed by atoms with Crippen molar-refractivity contribution >= 4 is 28.9 Å². The van der Waals surface area contributed by atoms with Gasteiger partial charge in [0.1, 0.15) is 11.6 Å². The topological polar surface area (TPSA) is 61.9 Å². The zero-order valence-corrected chi connectivity index (χ0v) is 19.4. The summed E-state index contributed by atoms with van der Waals surface area (Å²) in [5.41, 5.74) is 1.41. The third-order valence-electron chi connectivity index (χ3n) is 6.76. The summed E-state index contributed by atoms with van der Waals surface area (Å²) in [6.45, 7) is 0.0154. The average molecular weight is 480 g/mol. The van der Waals surface area contributed by atoms with E-state index in [1.165, 1.54) is 23.0 Å². The number of hydrogen-bond donors (Lipinski definition) is 1. The van der Waals surface area contributed by atoms with E-state index >= 15 is 0 Å². The van der Waals surface area contributed by atoms with Crippen LogP contribution in [0.1, 0.15) is 21.5 Å². The molecule has 0 aromatic heterocycles. The van der Waals surface area contributed by atoms with E-state index in [0.29, 0.717) is 39.5 Å². The molecule has 0 fully saturated rings. The molecule has 0 radical (unpaired) electrons. The first-order valence-electron chi connectivity index (χ1n) is 11.6. The number of nitrogens with one attached hydrogen (secondary N) is 1. The van der Waals surface area contributed by atoms with Gasteiger partial charge in [-0.15, -0.1) is 0 Å². The van der Waals surface area contributed by atoms with E-state index in [1.54, 1.807) is 60.7 Å². The van der Waals surface area contributed by atoms with E-state index in [2.05, 4.69) is 5.32 Å². The van der Waals surface area contributed by atoms with Crippen molar-refractivity contribution in [2.75, 3.05) is 22.2 Å². The van der Waals surface area contributed by atoms with E-state index in [4.69, 9.17) is 4.74 Å². The maximum Gasteiger partial charge on any atom is 0.279 e. The first-order chi connectivity index (χ1) is 17.6. The molecular formula is C29H22FN3O3. The van der Waals surface area contributed by atoms with Gasteiger partial charge in [0.25, 0.3) is 11.8 Å². The molecule has 178 valence electrons. The molecule has 1 spiro atoms. The van der Waals surface area contributed by atoms with Gasteiger partial charge in [-0.25, -0.2) is 4.39 Å². The van der Waals surface area contributed by atoms with Crippen LogP contribution in [0.4, 0.5) is 21.5 Å². The van der Waals surface area contributed by atoms with Crippen LogP contribution in [0, 0.1) is 5.82 Å². The predicted molar refractivity (Wildman–Crippen MR) is 136 cm³/mol. The van der Waals surface area contributed by atoms with Crippen molar-refractivity contribution in [3.8, 4) is 5.75 Å². The van der Waals surface area contributed by atoms with Crippen LogP contribution in [0.5, 0.6) is 5.75 Å². The number of ether oxygens (including phenoxy) is 1. The highest BCUT2D eigenvalue weighted by molar-refractivity contribution is 6.22. The molecule has 6 rings (SSSR count). The van der Waals surface area contributed by atoms with Crippen LogP contribution in [0.15, 0.2) is 97.1 Å². The molecule has 1 atom stereocenters. The first-order valence-corrected chi connectivity index (χ1v) is 11.6. The van der Waals surface area contributed by atoms with Crippen LogP contribution in [-0.2, 0) is 17.0 Å². The number of para-hydroxylation sites is 4. The van der Waals surface area contributed by atoms with E-state index < -0.39 is 11.5 Å². The average Bonchev–Trinajstić information content (AvgIpc) is 3.13. The quantitative estimate of drug-likeness (QED) is 0.431. The van der Waals surface area contributed by atoms with E-state index in [1.807, 2.05) is 30.3 Å². The summed E-state index contributed by atoms with van der Waals surface area (Å²) in [5.74, 6) is -0.682. The molecule has 4 aromatic carbocycles. The normalized spacial score (nSPS) is 18.2. The lowest BCUT2D eigenvalue weighted by Crippen LogP contribution is -2.63. The highest BCUT2D eigenvalue weighted by atomic mass is 19.1. The van der Waals surface area contributed by atoms with Crippen LogP contribution in [0.25, 0.3) is 0 Å². The molecule has 2 aliphatic rings. The Morgan fingerprint density at radius 2 is 1.50 bits per heavy atom. The minimum atomic E-state index is -1.60. The van der Waals surface area contributed by atoms with Crippen LogP contribution in [0.2, 0.25) is 0 Å². The molecule has 0 bridgehead atoms. The SMILES string of the molecule is COc1ccccc1N1C(=O)c2ccccc2N[C@]12C(=O)N(Cc1ccccc1F)c1ccccc12. The van der Waals surface area contributed by atoms with E-state index in [9.17, 15) is 14.0 Å². The summed E-state index contributed by atoms with van der Waals surface area (Å²) < 4.78 is 20.2. The summed E-state index contributed by atoms with van der Waals surface area (Å²) in [5, 5.41) is 3.40. The van der Waals surface area contributed by atoms with Crippen molar-refractivity contribution in [3.05, 3.63) is 120 Å². The molecule has 2 amide bonds. The van der Waals surface area contributed by atoms with Crippen molar-refractivity contribution in [1.29, 1.82) is 0 Å². The molecule has 0 unspecified atom stereocenters. The minimum absolute atomic E-state index is 0.0154. The Bertz CT molecular complexity index is 1520. The Morgan fingerprint density at radius 1 is 0.833 bits per heavy atom. The highest BCUT2D eigenvalue weighted by Crippen LogP contribution is 2.51. The third kappa shape index (κ3) is 3.02. The highest BCUT2D eigenvalue weighted by Gasteiger charge is 2.60. The van der Waals surface area contributed by atoms with E-state index in [0.717, 1.165) is 0 Å². The number of carbonyl (C=O) groups excluding carboxylic acids is 2. The van der Waals surface area contributed by atoms with Gasteiger partial charge < -0.3 is 15.0 Å². The number of hydrogen-bond acceptors (Lipinski definition) is 4. The first kappa shape index (κ1) is 21.9. The van der Waals surface area contributed by atoms with E-state index in [-0.39, 0.29) is 18.4 Å². The van der Waals surface area contributed by atoms with Crippen LogP contribution in [0.3, 0.4) is 0 Å². The zero-order chi connectivity index (χ0) is 24.9. The molecule has 2 aliphatic heterocycles. The van der Waals surface area contributed by atoms with Gasteiger partial charge >= 0.3 is 0 Å². The maximum absolute atomic E-state index is 14.6. The van der Waals surface area contributed by atoms with Crippen LogP contribution < -0.4 is 19.9 Å². The van der Waals surface area contributed by atoms with Gasteiger partial charge in [0.15, 0.2) is 0 Å². The molecule has 0 saturated heterocycles. The number of halogens is 1. The molecule has 4 aromatic rings. The second-order valence-electron chi connectivity index (χ2n) is 8.69. The number of methoxy groups -OCH3 is 1. The smallest absolute Gasteiger partial charge is 0.279 e. The minimum Gasteiger partial charge on any atom is -0.495 e. The van der Waals surface area contributed by atoms with Crippen molar-refractivity contribution in [2.45, 2.75) is 12.2 Å². The van der Waals surface area contributed by atoms with Crippen molar-refractivity contribution < 1.29 is 18.7 Å². The van der Waals surface area contributed by atoms with Gasteiger partial charge in [-0.05, 0) is 36.4 Å². The van der Waals surface area contributed by atoms with Gasteiger partial charge in [0, 0.05) is 16.8 Å². The van der Waals surface area contributed by atoms with Crippen molar-refractivity contribution in [3.63, 3.8) is 0 Å². The molecule has 0 saturated carbocycles. The Kier molecular flexibility index (Phi) is 5.00. The lowest BCUT2D eigenvalue weighted by molar-refractivity contribution is -0.122. The summed E-state index contributed by atoms with van der Waals surface area (Å²) in [4.78, 5) is 31.6. The van der Waals surface area contributed by atoms with Gasteiger partial charge in [-0.3, -0.25) is 14.5 Å². The Morgan fingerprint density at radius 3 is 2.31 bits per heavy atom. The molecule has 6 nitrogen and oxygen atoms in total. The molecular weight excluding hydrogens is 457 g/mol. The zero-order valence-electron chi connectivity index (χ0n) is 19.4. The molecule has 7 heteroatoms. The second kappa shape index (κ2) is 8.23. The summed E-state index contributed by atoms with van der Waals surface area (Å²) in [7, 11) is 1.52. The fourth-order valence-corrected chi connectivity index (χ4v) is 5.13. The fourth-order valence-electron chi connectivity index (χ4n) is 5.13. The van der Waals surface area contributed by atoms with Gasteiger partial charge in [-0.1, -0.05) is 60.7 Å². The molecule has 0 aliphatic carbocycles. The lowest BCUT2D eigenvalue weighted by Gasteiger charge is -2.45. The largest absolute Gasteiger partial charge is 0.495 e. The number of benzene rings is 4. The van der Waals surface area contributed by atoms with Gasteiger partial charge in [0.05, 0.1) is 30.6 Å². The number of rotatable bonds is 4. The maximum atomic E-state index is 14.6. The summed E-state index contributed by atoms with van der Waals surface area (Å²) in [6.07, 6.45) is 0. The number of amides is 2. The lowest BCUT2D eigenvalue weighted by atomic mass is 9.92. The Labute approximate surface area is 207 Å². The summed E-state index contributed by atoms with van der Waals surface area (Å²) >= 11 is 0. The summed E-state index contributed by atoms with van der Waals surface area (Å²) in [6, 6.07) is 27.9. The predicted octanol–water partition coefficient (Wildman–Crippen LogP) is 5.31. The van der Waals surface area contributed by atoms with Crippen molar-refractivity contribution in [1.82, 2.24) is 0 Å². The van der Waals surface area contributed by atoms with Gasteiger partial charge in [0.2, 0.25) is 5.66 Å². The third-order valence-corrected chi connectivity index (χ3v) is 6.76. The molecule has 36 heavy (non-hydrogen) atoms. The standard InChI is InChI=1S/C29H22FN3O3/c1-36-26-17-9-8-16-25(26)33-27(34)20-11-3-6-14-23(20)31-29(33)21-12-4-7-15-24(21)32(28(29)35)18-19-10-2-5-13-22(19)30/h2-17,31H,18H2,1H3/t29-/m0/s1.